The van der Waals surface area contributed by atoms with Crippen molar-refractivity contribution in [1.29, 1.82) is 0 Å². The molecule has 0 aliphatic rings. The van der Waals surface area contributed by atoms with E-state index in [0.29, 0.717) is 11.3 Å². The largest absolute Gasteiger partial charge is 0.491 e. The van der Waals surface area contributed by atoms with Crippen LogP contribution >= 0.6 is 0 Å². The summed E-state index contributed by atoms with van der Waals surface area (Å²) in [5.41, 5.74) is 1.35. The van der Waals surface area contributed by atoms with Crippen LogP contribution in [0.5, 0.6) is 5.75 Å². The number of hydrogen-bond donors (Lipinski definition) is 1. The van der Waals surface area contributed by atoms with Crippen LogP contribution in [0.2, 0.25) is 0 Å². The fourth-order valence-corrected chi connectivity index (χ4v) is 3.17. The molecule has 0 aromatic heterocycles. The lowest BCUT2D eigenvalue weighted by molar-refractivity contribution is 0.242. The van der Waals surface area contributed by atoms with Gasteiger partial charge in [0.2, 0.25) is 10.0 Å². The number of nitrogens with one attached hydrogen (secondary N) is 1. The lowest BCUT2D eigenvalue weighted by Gasteiger charge is -2.11. The Labute approximate surface area is 136 Å². The molecule has 0 saturated carbocycles. The minimum absolute atomic E-state index is 0.0559. The van der Waals surface area contributed by atoms with Crippen LogP contribution in [0.4, 0.5) is 4.39 Å². The normalized spacial score (nSPS) is 11.7. The number of benzene rings is 2. The van der Waals surface area contributed by atoms with Crippen LogP contribution in [-0.2, 0) is 22.3 Å². The van der Waals surface area contributed by atoms with E-state index in [4.69, 9.17) is 4.74 Å². The Hall–Kier alpha value is -1.92. The third-order valence-corrected chi connectivity index (χ3v) is 4.33. The van der Waals surface area contributed by atoms with Gasteiger partial charge in [0.25, 0.3) is 0 Å². The van der Waals surface area contributed by atoms with E-state index in [1.54, 1.807) is 6.07 Å². The highest BCUT2D eigenvalue weighted by molar-refractivity contribution is 7.88. The van der Waals surface area contributed by atoms with Gasteiger partial charge in [0.15, 0.2) is 0 Å². The van der Waals surface area contributed by atoms with E-state index in [2.05, 4.69) is 4.72 Å². The summed E-state index contributed by atoms with van der Waals surface area (Å²) in [4.78, 5) is 0. The molecular weight excluding hydrogens is 317 g/mol. The summed E-state index contributed by atoms with van der Waals surface area (Å²) < 4.78 is 45.1. The highest BCUT2D eigenvalue weighted by atomic mass is 32.2. The van der Waals surface area contributed by atoms with E-state index >= 15 is 0 Å². The summed E-state index contributed by atoms with van der Waals surface area (Å²) in [5.74, 6) is 0.131. The van der Waals surface area contributed by atoms with Crippen molar-refractivity contribution in [3.05, 3.63) is 65.5 Å². The van der Waals surface area contributed by atoms with Crippen molar-refractivity contribution in [3.63, 3.8) is 0 Å². The molecular formula is C17H20FNO3S. The number of rotatable bonds is 7. The molecule has 6 heteroatoms. The second kappa shape index (κ2) is 7.57. The van der Waals surface area contributed by atoms with Crippen LogP contribution in [0.1, 0.15) is 25.0 Å². The lowest BCUT2D eigenvalue weighted by atomic mass is 10.2. The molecule has 0 aliphatic heterocycles. The molecule has 2 aromatic rings. The molecule has 124 valence electrons. The first-order chi connectivity index (χ1) is 10.8. The van der Waals surface area contributed by atoms with E-state index < -0.39 is 10.0 Å². The van der Waals surface area contributed by atoms with Crippen molar-refractivity contribution in [2.75, 3.05) is 0 Å². The molecule has 0 unspecified atom stereocenters. The molecule has 23 heavy (non-hydrogen) atoms. The molecule has 0 bridgehead atoms. The van der Waals surface area contributed by atoms with Crippen molar-refractivity contribution in [1.82, 2.24) is 4.72 Å². The highest BCUT2D eigenvalue weighted by Crippen LogP contribution is 2.15. The van der Waals surface area contributed by atoms with Crippen LogP contribution in [0.3, 0.4) is 0 Å². The average Bonchev–Trinajstić information content (AvgIpc) is 2.47. The van der Waals surface area contributed by atoms with Gasteiger partial charge >= 0.3 is 0 Å². The first-order valence-electron chi connectivity index (χ1n) is 7.31. The molecule has 2 rings (SSSR count). The van der Waals surface area contributed by atoms with Gasteiger partial charge in [0, 0.05) is 6.54 Å². The van der Waals surface area contributed by atoms with Gasteiger partial charge in [-0.25, -0.2) is 17.5 Å². The fourth-order valence-electron chi connectivity index (χ4n) is 2.05. The maximum absolute atomic E-state index is 12.8. The molecule has 0 aliphatic carbocycles. The van der Waals surface area contributed by atoms with Crippen LogP contribution in [-0.4, -0.2) is 14.5 Å². The van der Waals surface area contributed by atoms with Gasteiger partial charge in [-0.3, -0.25) is 0 Å². The van der Waals surface area contributed by atoms with Crippen molar-refractivity contribution >= 4 is 10.0 Å². The third kappa shape index (κ3) is 6.00. The van der Waals surface area contributed by atoms with Gasteiger partial charge in [0.1, 0.15) is 11.6 Å². The van der Waals surface area contributed by atoms with E-state index in [-0.39, 0.29) is 24.2 Å². The Balaban J connectivity index is 1.97. The summed E-state index contributed by atoms with van der Waals surface area (Å²) in [6.45, 7) is 4.04. The number of sulfonamides is 1. The van der Waals surface area contributed by atoms with Gasteiger partial charge in [-0.05, 0) is 49.2 Å². The Kier molecular flexibility index (Phi) is 5.74. The first-order valence-corrected chi connectivity index (χ1v) is 8.97. The van der Waals surface area contributed by atoms with Crippen molar-refractivity contribution in [3.8, 4) is 5.75 Å². The molecule has 0 radical (unpaired) electrons. The van der Waals surface area contributed by atoms with Gasteiger partial charge < -0.3 is 4.74 Å². The fraction of sp³-hybridized carbons (Fsp3) is 0.294. The topological polar surface area (TPSA) is 55.4 Å². The van der Waals surface area contributed by atoms with Gasteiger partial charge in [-0.1, -0.05) is 24.3 Å². The Bertz CT molecular complexity index is 743. The predicted molar refractivity (Wildman–Crippen MR) is 88.1 cm³/mol. The van der Waals surface area contributed by atoms with Crippen LogP contribution in [0.15, 0.2) is 48.5 Å². The SMILES string of the molecule is CC(C)Oc1cccc(CNS(=O)(=O)Cc2ccc(F)cc2)c1. The molecule has 0 fully saturated rings. The number of hydrogen-bond acceptors (Lipinski definition) is 3. The zero-order valence-electron chi connectivity index (χ0n) is 13.1. The molecule has 0 saturated heterocycles. The maximum atomic E-state index is 12.8. The lowest BCUT2D eigenvalue weighted by Crippen LogP contribution is -2.24. The molecule has 0 heterocycles. The molecule has 1 N–H and O–H groups in total. The van der Waals surface area contributed by atoms with E-state index in [1.165, 1.54) is 24.3 Å². The van der Waals surface area contributed by atoms with Crippen LogP contribution in [0, 0.1) is 5.82 Å². The van der Waals surface area contributed by atoms with E-state index in [9.17, 15) is 12.8 Å². The smallest absolute Gasteiger partial charge is 0.216 e. The minimum Gasteiger partial charge on any atom is -0.491 e. The van der Waals surface area contributed by atoms with E-state index in [0.717, 1.165) is 5.56 Å². The highest BCUT2D eigenvalue weighted by Gasteiger charge is 2.11. The van der Waals surface area contributed by atoms with Gasteiger partial charge in [-0.2, -0.15) is 0 Å². The monoisotopic (exact) mass is 337 g/mol. The standard InChI is InChI=1S/C17H20FNO3S/c1-13(2)22-17-5-3-4-15(10-17)11-19-23(20,21)12-14-6-8-16(18)9-7-14/h3-10,13,19H,11-12H2,1-2H3. The van der Waals surface area contributed by atoms with E-state index in [1.807, 2.05) is 32.0 Å². The summed E-state index contributed by atoms with van der Waals surface area (Å²) in [7, 11) is -3.49. The minimum atomic E-state index is -3.49. The quantitative estimate of drug-likeness (QED) is 0.844. The first kappa shape index (κ1) is 17.4. The van der Waals surface area contributed by atoms with Crippen LogP contribution in [0.25, 0.3) is 0 Å². The molecule has 2 aromatic carbocycles. The Morgan fingerprint density at radius 3 is 2.43 bits per heavy atom. The van der Waals surface area contributed by atoms with Gasteiger partial charge in [-0.15, -0.1) is 0 Å². The van der Waals surface area contributed by atoms with Crippen molar-refractivity contribution in [2.45, 2.75) is 32.2 Å². The van der Waals surface area contributed by atoms with Gasteiger partial charge in [0.05, 0.1) is 11.9 Å². The number of halogens is 1. The zero-order chi connectivity index (χ0) is 16.9. The second-order valence-electron chi connectivity index (χ2n) is 5.52. The Morgan fingerprint density at radius 1 is 1.09 bits per heavy atom. The molecule has 0 atom stereocenters. The zero-order valence-corrected chi connectivity index (χ0v) is 13.9. The second-order valence-corrected chi connectivity index (χ2v) is 7.33. The summed E-state index contributed by atoms with van der Waals surface area (Å²) in [6, 6.07) is 12.7. The molecule has 0 spiro atoms. The third-order valence-electron chi connectivity index (χ3n) is 3.04. The summed E-state index contributed by atoms with van der Waals surface area (Å²) in [5, 5.41) is 0. The Morgan fingerprint density at radius 2 is 1.78 bits per heavy atom. The molecule has 0 amide bonds. The van der Waals surface area contributed by atoms with Crippen molar-refractivity contribution < 1.29 is 17.5 Å². The predicted octanol–water partition coefficient (Wildman–Crippen LogP) is 3.23. The average molecular weight is 337 g/mol. The van der Waals surface area contributed by atoms with Crippen molar-refractivity contribution in [2.24, 2.45) is 0 Å². The maximum Gasteiger partial charge on any atom is 0.216 e. The molecule has 4 nitrogen and oxygen atoms in total. The number of ether oxygens (including phenoxy) is 1. The summed E-state index contributed by atoms with van der Waals surface area (Å²) >= 11 is 0. The van der Waals surface area contributed by atoms with Crippen LogP contribution < -0.4 is 9.46 Å². The summed E-state index contributed by atoms with van der Waals surface area (Å²) in [6.07, 6.45) is 0.0559.